The molecule has 0 atom stereocenters. The number of benzene rings is 2. The van der Waals surface area contributed by atoms with Crippen LogP contribution in [-0.4, -0.2) is 65.7 Å². The average molecular weight is 432 g/mol. The first-order valence-electron chi connectivity index (χ1n) is 10.1. The van der Waals surface area contributed by atoms with Gasteiger partial charge in [0.15, 0.2) is 0 Å². The molecule has 8 heteroatoms. The van der Waals surface area contributed by atoms with Gasteiger partial charge in [-0.3, -0.25) is 14.0 Å². The summed E-state index contributed by atoms with van der Waals surface area (Å²) in [7, 11) is -2.14. The molecule has 1 aliphatic rings. The van der Waals surface area contributed by atoms with Crippen molar-refractivity contribution in [2.45, 2.75) is 18.2 Å². The van der Waals surface area contributed by atoms with Crippen LogP contribution in [0.4, 0.5) is 5.69 Å². The van der Waals surface area contributed by atoms with Crippen LogP contribution in [0.25, 0.3) is 0 Å². The number of nitrogens with one attached hydrogen (secondary N) is 1. The highest BCUT2D eigenvalue weighted by molar-refractivity contribution is 7.92. The quantitative estimate of drug-likeness (QED) is 0.649. The van der Waals surface area contributed by atoms with E-state index in [0.717, 1.165) is 44.8 Å². The largest absolute Gasteiger partial charge is 0.379 e. The molecule has 1 amide bonds. The molecule has 1 N–H and O–H groups in total. The van der Waals surface area contributed by atoms with E-state index >= 15 is 0 Å². The second kappa shape index (κ2) is 10.1. The van der Waals surface area contributed by atoms with Gasteiger partial charge in [-0.25, -0.2) is 8.42 Å². The van der Waals surface area contributed by atoms with Gasteiger partial charge in [0.05, 0.1) is 23.8 Å². The molecule has 2 aromatic rings. The monoisotopic (exact) mass is 431 g/mol. The summed E-state index contributed by atoms with van der Waals surface area (Å²) in [6.07, 6.45) is 0.876. The number of nitrogens with zero attached hydrogens (tertiary/aromatic N) is 2. The van der Waals surface area contributed by atoms with Crippen molar-refractivity contribution in [3.8, 4) is 0 Å². The lowest BCUT2D eigenvalue weighted by atomic mass is 10.2. The predicted octanol–water partition coefficient (Wildman–Crippen LogP) is 2.27. The molecule has 1 heterocycles. The summed E-state index contributed by atoms with van der Waals surface area (Å²) < 4.78 is 32.2. The zero-order valence-electron chi connectivity index (χ0n) is 17.5. The van der Waals surface area contributed by atoms with Crippen molar-refractivity contribution < 1.29 is 17.9 Å². The highest BCUT2D eigenvalue weighted by atomic mass is 32.2. The lowest BCUT2D eigenvalue weighted by Crippen LogP contribution is -2.38. The van der Waals surface area contributed by atoms with Gasteiger partial charge in [0.25, 0.3) is 15.9 Å². The fourth-order valence-electron chi connectivity index (χ4n) is 3.26. The molecule has 1 fully saturated rings. The van der Waals surface area contributed by atoms with Crippen molar-refractivity contribution in [2.24, 2.45) is 0 Å². The Labute approximate surface area is 178 Å². The molecular weight excluding hydrogens is 402 g/mol. The van der Waals surface area contributed by atoms with E-state index in [-0.39, 0.29) is 10.8 Å². The normalized spacial score (nSPS) is 15.0. The molecule has 0 saturated carbocycles. The molecule has 0 aromatic heterocycles. The summed E-state index contributed by atoms with van der Waals surface area (Å²) in [5.41, 5.74) is 2.00. The molecule has 0 radical (unpaired) electrons. The van der Waals surface area contributed by atoms with Gasteiger partial charge in [0, 0.05) is 32.2 Å². The molecule has 0 bridgehead atoms. The molecule has 1 saturated heterocycles. The fraction of sp³-hybridized carbons (Fsp3) is 0.409. The van der Waals surface area contributed by atoms with Crippen molar-refractivity contribution in [3.63, 3.8) is 0 Å². The zero-order valence-corrected chi connectivity index (χ0v) is 18.3. The standard InChI is InChI=1S/C22H29N3O4S/c1-18-4-10-21(11-5-18)30(27,28)24(2)20-8-6-19(7-9-20)22(26)23-12-3-13-25-14-16-29-17-15-25/h4-11H,3,12-17H2,1-2H3,(H,23,26). The van der Waals surface area contributed by atoms with Crippen LogP contribution in [0.5, 0.6) is 0 Å². The number of amides is 1. The van der Waals surface area contributed by atoms with Crippen LogP contribution in [0.1, 0.15) is 22.3 Å². The first-order chi connectivity index (χ1) is 14.4. The van der Waals surface area contributed by atoms with Gasteiger partial charge < -0.3 is 10.1 Å². The molecule has 162 valence electrons. The third kappa shape index (κ3) is 5.59. The predicted molar refractivity (Wildman–Crippen MR) is 117 cm³/mol. The summed E-state index contributed by atoms with van der Waals surface area (Å²) >= 11 is 0. The number of hydrogen-bond acceptors (Lipinski definition) is 5. The SMILES string of the molecule is Cc1ccc(S(=O)(=O)N(C)c2ccc(C(=O)NCCCN3CCOCC3)cc2)cc1. The topological polar surface area (TPSA) is 79.0 Å². The number of sulfonamides is 1. The van der Waals surface area contributed by atoms with E-state index in [4.69, 9.17) is 4.74 Å². The van der Waals surface area contributed by atoms with Gasteiger partial charge in [-0.05, 0) is 56.3 Å². The number of anilines is 1. The molecule has 30 heavy (non-hydrogen) atoms. The Morgan fingerprint density at radius 1 is 1.07 bits per heavy atom. The Bertz CT molecular complexity index is 937. The number of rotatable bonds is 8. The van der Waals surface area contributed by atoms with E-state index in [2.05, 4.69) is 10.2 Å². The number of carbonyl (C=O) groups is 1. The van der Waals surface area contributed by atoms with Gasteiger partial charge in [-0.1, -0.05) is 17.7 Å². The summed E-state index contributed by atoms with van der Waals surface area (Å²) in [5.74, 6) is -0.160. The number of morpholine rings is 1. The van der Waals surface area contributed by atoms with Crippen molar-refractivity contribution >= 4 is 21.6 Å². The van der Waals surface area contributed by atoms with E-state index < -0.39 is 10.0 Å². The Morgan fingerprint density at radius 3 is 2.33 bits per heavy atom. The van der Waals surface area contributed by atoms with Gasteiger partial charge in [0.2, 0.25) is 0 Å². The smallest absolute Gasteiger partial charge is 0.264 e. The minimum atomic E-state index is -3.65. The summed E-state index contributed by atoms with van der Waals surface area (Å²) in [6, 6.07) is 13.3. The van der Waals surface area contributed by atoms with Crippen LogP contribution in [0.2, 0.25) is 0 Å². The van der Waals surface area contributed by atoms with Crippen molar-refractivity contribution in [2.75, 3.05) is 50.7 Å². The van der Waals surface area contributed by atoms with E-state index in [1.807, 2.05) is 6.92 Å². The van der Waals surface area contributed by atoms with Gasteiger partial charge >= 0.3 is 0 Å². The van der Waals surface area contributed by atoms with Gasteiger partial charge in [-0.2, -0.15) is 0 Å². The van der Waals surface area contributed by atoms with Crippen LogP contribution in [0.15, 0.2) is 53.4 Å². The Hall–Kier alpha value is -2.42. The summed E-state index contributed by atoms with van der Waals surface area (Å²) in [4.78, 5) is 14.9. The van der Waals surface area contributed by atoms with Crippen LogP contribution in [0, 0.1) is 6.92 Å². The molecule has 0 spiro atoms. The highest BCUT2D eigenvalue weighted by Crippen LogP contribution is 2.22. The minimum Gasteiger partial charge on any atom is -0.379 e. The second-order valence-corrected chi connectivity index (χ2v) is 9.37. The minimum absolute atomic E-state index is 0.160. The van der Waals surface area contributed by atoms with Crippen LogP contribution in [0.3, 0.4) is 0 Å². The first-order valence-corrected chi connectivity index (χ1v) is 11.6. The van der Waals surface area contributed by atoms with Crippen LogP contribution in [-0.2, 0) is 14.8 Å². The molecule has 0 aliphatic carbocycles. The zero-order chi connectivity index (χ0) is 21.6. The van der Waals surface area contributed by atoms with E-state index in [9.17, 15) is 13.2 Å². The van der Waals surface area contributed by atoms with E-state index in [1.54, 1.807) is 48.5 Å². The maximum Gasteiger partial charge on any atom is 0.264 e. The highest BCUT2D eigenvalue weighted by Gasteiger charge is 2.21. The van der Waals surface area contributed by atoms with E-state index in [1.165, 1.54) is 11.4 Å². The molecule has 2 aromatic carbocycles. The molecule has 3 rings (SSSR count). The van der Waals surface area contributed by atoms with Crippen molar-refractivity contribution in [1.29, 1.82) is 0 Å². The van der Waals surface area contributed by atoms with Gasteiger partial charge in [-0.15, -0.1) is 0 Å². The third-order valence-corrected chi connectivity index (χ3v) is 7.01. The lowest BCUT2D eigenvalue weighted by Gasteiger charge is -2.26. The van der Waals surface area contributed by atoms with Crippen LogP contribution < -0.4 is 9.62 Å². The number of hydrogen-bond donors (Lipinski definition) is 1. The van der Waals surface area contributed by atoms with Gasteiger partial charge in [0.1, 0.15) is 0 Å². The van der Waals surface area contributed by atoms with Crippen LogP contribution >= 0.6 is 0 Å². The molecular formula is C22H29N3O4S. The number of ether oxygens (including phenoxy) is 1. The number of carbonyl (C=O) groups excluding carboxylic acids is 1. The Kier molecular flexibility index (Phi) is 7.47. The summed E-state index contributed by atoms with van der Waals surface area (Å²) in [6.45, 7) is 6.86. The third-order valence-electron chi connectivity index (χ3n) is 5.21. The number of aryl methyl sites for hydroxylation is 1. The van der Waals surface area contributed by atoms with E-state index in [0.29, 0.717) is 17.8 Å². The van der Waals surface area contributed by atoms with Crippen molar-refractivity contribution in [3.05, 3.63) is 59.7 Å². The second-order valence-electron chi connectivity index (χ2n) is 7.40. The molecule has 1 aliphatic heterocycles. The fourth-order valence-corrected chi connectivity index (χ4v) is 4.46. The van der Waals surface area contributed by atoms with Crippen molar-refractivity contribution in [1.82, 2.24) is 10.2 Å². The maximum atomic E-state index is 12.8. The maximum absolute atomic E-state index is 12.8. The first kappa shape index (κ1) is 22.3. The Morgan fingerprint density at radius 2 is 1.70 bits per heavy atom. The Balaban J connectivity index is 1.54. The molecule has 0 unspecified atom stereocenters. The lowest BCUT2D eigenvalue weighted by molar-refractivity contribution is 0.0374. The summed E-state index contributed by atoms with van der Waals surface area (Å²) in [5, 5.41) is 2.92. The average Bonchev–Trinajstić information content (AvgIpc) is 2.77. The molecule has 7 nitrogen and oxygen atoms in total.